The van der Waals surface area contributed by atoms with Gasteiger partial charge in [0.2, 0.25) is 0 Å². The Labute approximate surface area is 93.0 Å². The van der Waals surface area contributed by atoms with Gasteiger partial charge >= 0.3 is 12.1 Å². The van der Waals surface area contributed by atoms with E-state index >= 15 is 0 Å². The quantitative estimate of drug-likeness (QED) is 0.598. The maximum atomic E-state index is 12.9. The summed E-state index contributed by atoms with van der Waals surface area (Å²) < 4.78 is 67.1. The van der Waals surface area contributed by atoms with E-state index in [1.54, 1.807) is 0 Å². The average Bonchev–Trinajstić information content (AvgIpc) is 2.20. The summed E-state index contributed by atoms with van der Waals surface area (Å²) in [6, 6.07) is 0.582. The van der Waals surface area contributed by atoms with E-state index in [1.807, 2.05) is 0 Å². The molecule has 0 aliphatic carbocycles. The van der Waals surface area contributed by atoms with Crippen molar-refractivity contribution in [1.82, 2.24) is 0 Å². The van der Waals surface area contributed by atoms with Gasteiger partial charge in [-0.25, -0.2) is 13.6 Å². The second-order valence-corrected chi connectivity index (χ2v) is 3.04. The minimum atomic E-state index is -5.08. The van der Waals surface area contributed by atoms with Crippen LogP contribution in [0.4, 0.5) is 22.0 Å². The van der Waals surface area contributed by atoms with E-state index in [9.17, 15) is 26.7 Å². The number of esters is 1. The van der Waals surface area contributed by atoms with Crippen LogP contribution >= 0.6 is 0 Å². The van der Waals surface area contributed by atoms with Crippen LogP contribution in [0.5, 0.6) is 0 Å². The fourth-order valence-electron chi connectivity index (χ4n) is 1.13. The molecular weight excluding hydrogens is 247 g/mol. The van der Waals surface area contributed by atoms with Crippen LogP contribution in [0.25, 0.3) is 0 Å². The summed E-state index contributed by atoms with van der Waals surface area (Å²) >= 11 is 0. The minimum absolute atomic E-state index is 0.0841. The zero-order valence-corrected chi connectivity index (χ0v) is 8.57. The summed E-state index contributed by atoms with van der Waals surface area (Å²) in [5.74, 6) is -4.93. The van der Waals surface area contributed by atoms with Crippen LogP contribution in [-0.2, 0) is 10.9 Å². The lowest BCUT2D eigenvalue weighted by molar-refractivity contribution is -0.140. The smallest absolute Gasteiger partial charge is 0.419 e. The standard InChI is InChI=1S/C10H7F5O2/c1-2-17-9(16)5-3-6(10(13,14)15)8(12)7(11)4-5/h3-4H,2H2,1H3. The van der Waals surface area contributed by atoms with Crippen molar-refractivity contribution in [2.24, 2.45) is 0 Å². The normalized spacial score (nSPS) is 11.4. The maximum Gasteiger partial charge on any atom is 0.419 e. The van der Waals surface area contributed by atoms with Gasteiger partial charge in [0.1, 0.15) is 0 Å². The highest BCUT2D eigenvalue weighted by Gasteiger charge is 2.36. The summed E-state index contributed by atoms with van der Waals surface area (Å²) in [4.78, 5) is 11.1. The molecule has 1 rings (SSSR count). The average molecular weight is 254 g/mol. The van der Waals surface area contributed by atoms with Crippen LogP contribution < -0.4 is 0 Å². The Bertz CT molecular complexity index is 439. The molecule has 0 unspecified atom stereocenters. The first-order valence-corrected chi connectivity index (χ1v) is 4.50. The number of carbonyl (C=O) groups is 1. The number of hydrogen-bond donors (Lipinski definition) is 0. The molecule has 17 heavy (non-hydrogen) atoms. The molecule has 0 bridgehead atoms. The van der Waals surface area contributed by atoms with Crippen LogP contribution in [0.2, 0.25) is 0 Å². The molecule has 0 fully saturated rings. The Morgan fingerprint density at radius 1 is 1.29 bits per heavy atom. The van der Waals surface area contributed by atoms with Crippen molar-refractivity contribution >= 4 is 5.97 Å². The molecular formula is C10H7F5O2. The number of rotatable bonds is 2. The molecule has 0 atom stereocenters. The number of benzene rings is 1. The van der Waals surface area contributed by atoms with E-state index in [0.717, 1.165) is 0 Å². The van der Waals surface area contributed by atoms with Crippen molar-refractivity contribution < 1.29 is 31.5 Å². The fourth-order valence-corrected chi connectivity index (χ4v) is 1.13. The molecule has 0 saturated heterocycles. The van der Waals surface area contributed by atoms with Crippen molar-refractivity contribution in [3.63, 3.8) is 0 Å². The van der Waals surface area contributed by atoms with Crippen molar-refractivity contribution in [2.45, 2.75) is 13.1 Å². The molecule has 0 aromatic heterocycles. The van der Waals surface area contributed by atoms with Gasteiger partial charge in [-0.05, 0) is 19.1 Å². The van der Waals surface area contributed by atoms with Gasteiger partial charge < -0.3 is 4.74 Å². The third kappa shape index (κ3) is 2.92. The number of hydrogen-bond acceptors (Lipinski definition) is 2. The molecule has 0 amide bonds. The summed E-state index contributed by atoms with van der Waals surface area (Å²) in [5, 5.41) is 0. The predicted molar refractivity (Wildman–Crippen MR) is 47.3 cm³/mol. The van der Waals surface area contributed by atoms with Crippen LogP contribution in [0.15, 0.2) is 12.1 Å². The highest BCUT2D eigenvalue weighted by atomic mass is 19.4. The molecule has 0 aliphatic heterocycles. The molecule has 94 valence electrons. The summed E-state index contributed by atoms with van der Waals surface area (Å²) in [7, 11) is 0. The summed E-state index contributed by atoms with van der Waals surface area (Å²) in [6.45, 7) is 1.35. The SMILES string of the molecule is CCOC(=O)c1cc(F)c(F)c(C(F)(F)F)c1. The van der Waals surface area contributed by atoms with Crippen LogP contribution in [0.3, 0.4) is 0 Å². The lowest BCUT2D eigenvalue weighted by atomic mass is 10.1. The highest BCUT2D eigenvalue weighted by molar-refractivity contribution is 5.89. The van der Waals surface area contributed by atoms with Crippen LogP contribution in [-0.4, -0.2) is 12.6 Å². The second kappa shape index (κ2) is 4.68. The summed E-state index contributed by atoms with van der Waals surface area (Å²) in [5.41, 5.74) is -2.52. The third-order valence-electron chi connectivity index (χ3n) is 1.84. The lowest BCUT2D eigenvalue weighted by Crippen LogP contribution is -2.13. The van der Waals surface area contributed by atoms with E-state index in [4.69, 9.17) is 0 Å². The number of alkyl halides is 3. The summed E-state index contributed by atoms with van der Waals surface area (Å²) in [6.07, 6.45) is -5.08. The molecule has 1 aromatic rings. The van der Waals surface area contributed by atoms with Gasteiger partial charge in [-0.3, -0.25) is 0 Å². The Hall–Kier alpha value is -1.66. The molecule has 0 heterocycles. The van der Waals surface area contributed by atoms with E-state index in [0.29, 0.717) is 6.07 Å². The van der Waals surface area contributed by atoms with Crippen molar-refractivity contribution in [3.8, 4) is 0 Å². The van der Waals surface area contributed by atoms with Gasteiger partial charge in [-0.2, -0.15) is 13.2 Å². The molecule has 2 nitrogen and oxygen atoms in total. The molecule has 0 spiro atoms. The fraction of sp³-hybridized carbons (Fsp3) is 0.300. The van der Waals surface area contributed by atoms with Gasteiger partial charge in [-0.15, -0.1) is 0 Å². The van der Waals surface area contributed by atoms with E-state index in [-0.39, 0.29) is 12.7 Å². The molecule has 1 aromatic carbocycles. The third-order valence-corrected chi connectivity index (χ3v) is 1.84. The minimum Gasteiger partial charge on any atom is -0.462 e. The van der Waals surface area contributed by atoms with E-state index in [1.165, 1.54) is 6.92 Å². The number of carbonyl (C=O) groups excluding carboxylic acids is 1. The van der Waals surface area contributed by atoms with Crippen LogP contribution in [0, 0.1) is 11.6 Å². The molecule has 0 radical (unpaired) electrons. The van der Waals surface area contributed by atoms with E-state index < -0.39 is 34.9 Å². The maximum absolute atomic E-state index is 12.9. The van der Waals surface area contributed by atoms with E-state index in [2.05, 4.69) is 4.74 Å². The highest BCUT2D eigenvalue weighted by Crippen LogP contribution is 2.33. The Kier molecular flexibility index (Phi) is 3.69. The Morgan fingerprint density at radius 2 is 1.88 bits per heavy atom. The van der Waals surface area contributed by atoms with Gasteiger partial charge in [0.15, 0.2) is 11.6 Å². The van der Waals surface area contributed by atoms with Gasteiger partial charge in [-0.1, -0.05) is 0 Å². The molecule has 0 aliphatic rings. The lowest BCUT2D eigenvalue weighted by Gasteiger charge is -2.10. The zero-order valence-electron chi connectivity index (χ0n) is 8.57. The zero-order chi connectivity index (χ0) is 13.2. The Morgan fingerprint density at radius 3 is 2.35 bits per heavy atom. The van der Waals surface area contributed by atoms with Crippen molar-refractivity contribution in [1.29, 1.82) is 0 Å². The molecule has 0 N–H and O–H groups in total. The van der Waals surface area contributed by atoms with Gasteiger partial charge in [0.25, 0.3) is 0 Å². The van der Waals surface area contributed by atoms with Gasteiger partial charge in [0.05, 0.1) is 17.7 Å². The van der Waals surface area contributed by atoms with Crippen molar-refractivity contribution in [3.05, 3.63) is 34.9 Å². The number of halogens is 5. The first-order valence-electron chi connectivity index (χ1n) is 4.50. The Balaban J connectivity index is 3.29. The number of ether oxygens (including phenoxy) is 1. The predicted octanol–water partition coefficient (Wildman–Crippen LogP) is 3.16. The molecule has 7 heteroatoms. The topological polar surface area (TPSA) is 26.3 Å². The second-order valence-electron chi connectivity index (χ2n) is 3.04. The van der Waals surface area contributed by atoms with Crippen LogP contribution in [0.1, 0.15) is 22.8 Å². The molecule has 0 saturated carbocycles. The first kappa shape index (κ1) is 13.4. The largest absolute Gasteiger partial charge is 0.462 e. The van der Waals surface area contributed by atoms with Crippen molar-refractivity contribution in [2.75, 3.05) is 6.61 Å². The monoisotopic (exact) mass is 254 g/mol. The first-order chi connectivity index (χ1) is 7.77. The van der Waals surface area contributed by atoms with Gasteiger partial charge in [0, 0.05) is 0 Å².